The minimum atomic E-state index is 0.706. The summed E-state index contributed by atoms with van der Waals surface area (Å²) in [5.41, 5.74) is 3.45. The molecule has 74 valence electrons. The van der Waals surface area contributed by atoms with E-state index in [9.17, 15) is 0 Å². The van der Waals surface area contributed by atoms with Gasteiger partial charge in [-0.25, -0.2) is 0 Å². The summed E-state index contributed by atoms with van der Waals surface area (Å²) in [6.07, 6.45) is 5.82. The lowest BCUT2D eigenvalue weighted by atomic mass is 10.1. The minimum Gasteiger partial charge on any atom is -0.384 e. The third-order valence-electron chi connectivity index (χ3n) is 2.20. The van der Waals surface area contributed by atoms with Gasteiger partial charge in [-0.1, -0.05) is 6.08 Å². The topological polar surface area (TPSA) is 34.2 Å². The van der Waals surface area contributed by atoms with Crippen LogP contribution in [0.5, 0.6) is 0 Å². The summed E-state index contributed by atoms with van der Waals surface area (Å²) < 4.78 is 5.27. The first-order valence-electron chi connectivity index (χ1n) is 4.86. The van der Waals surface area contributed by atoms with Gasteiger partial charge in [-0.2, -0.15) is 0 Å². The summed E-state index contributed by atoms with van der Waals surface area (Å²) in [5, 5.41) is 3.24. The Labute approximate surface area is 83.8 Å². The maximum atomic E-state index is 5.27. The predicted molar refractivity (Wildman–Crippen MR) is 57.2 cm³/mol. The van der Waals surface area contributed by atoms with E-state index in [2.05, 4.69) is 29.4 Å². The number of rotatable bonds is 3. The summed E-state index contributed by atoms with van der Waals surface area (Å²) in [6, 6.07) is 2.11. The molecule has 1 aliphatic heterocycles. The standard InChI is InChI=1S/C11H14N2O/c1-2-13-11-5-10(6-12-7-11)9-3-4-14-8-9/h3,5-7,13H,2,4,8H2,1H3. The van der Waals surface area contributed by atoms with Gasteiger partial charge in [-0.05, 0) is 18.6 Å². The first-order valence-corrected chi connectivity index (χ1v) is 4.86. The van der Waals surface area contributed by atoms with Gasteiger partial charge >= 0.3 is 0 Å². The van der Waals surface area contributed by atoms with Crippen molar-refractivity contribution in [2.75, 3.05) is 25.1 Å². The van der Waals surface area contributed by atoms with E-state index >= 15 is 0 Å². The van der Waals surface area contributed by atoms with Gasteiger partial charge < -0.3 is 10.1 Å². The monoisotopic (exact) mass is 190 g/mol. The summed E-state index contributed by atoms with van der Waals surface area (Å²) >= 11 is 0. The van der Waals surface area contributed by atoms with E-state index in [0.717, 1.165) is 24.4 Å². The first-order chi connectivity index (χ1) is 6.90. The van der Waals surface area contributed by atoms with Crippen molar-refractivity contribution in [1.29, 1.82) is 0 Å². The third kappa shape index (κ3) is 1.93. The zero-order valence-corrected chi connectivity index (χ0v) is 8.29. The fourth-order valence-corrected chi connectivity index (χ4v) is 1.50. The molecule has 3 nitrogen and oxygen atoms in total. The molecule has 0 unspecified atom stereocenters. The van der Waals surface area contributed by atoms with Gasteiger partial charge in [0, 0.05) is 24.5 Å². The summed E-state index contributed by atoms with van der Waals surface area (Å²) in [7, 11) is 0. The van der Waals surface area contributed by atoms with Gasteiger partial charge in [0.25, 0.3) is 0 Å². The van der Waals surface area contributed by atoms with Crippen molar-refractivity contribution in [1.82, 2.24) is 4.98 Å². The van der Waals surface area contributed by atoms with Crippen LogP contribution in [0.2, 0.25) is 0 Å². The van der Waals surface area contributed by atoms with Gasteiger partial charge in [0.15, 0.2) is 0 Å². The van der Waals surface area contributed by atoms with E-state index in [4.69, 9.17) is 4.74 Å². The quantitative estimate of drug-likeness (QED) is 0.790. The highest BCUT2D eigenvalue weighted by molar-refractivity contribution is 5.69. The molecule has 0 radical (unpaired) electrons. The number of aromatic nitrogens is 1. The van der Waals surface area contributed by atoms with Gasteiger partial charge in [0.05, 0.1) is 18.9 Å². The molecule has 1 aromatic rings. The fraction of sp³-hybridized carbons (Fsp3) is 0.364. The second-order valence-corrected chi connectivity index (χ2v) is 3.24. The van der Waals surface area contributed by atoms with E-state index in [-0.39, 0.29) is 0 Å². The number of ether oxygens (including phenoxy) is 1. The van der Waals surface area contributed by atoms with E-state index in [0.29, 0.717) is 6.61 Å². The first kappa shape index (κ1) is 9.21. The largest absolute Gasteiger partial charge is 0.384 e. The minimum absolute atomic E-state index is 0.706. The summed E-state index contributed by atoms with van der Waals surface area (Å²) in [5.74, 6) is 0. The van der Waals surface area contributed by atoms with Crippen LogP contribution in [0.3, 0.4) is 0 Å². The molecule has 0 saturated heterocycles. The number of nitrogens with zero attached hydrogens (tertiary/aromatic N) is 1. The Bertz CT molecular complexity index is 347. The van der Waals surface area contributed by atoms with Crippen LogP contribution in [0.4, 0.5) is 5.69 Å². The molecule has 0 aromatic carbocycles. The van der Waals surface area contributed by atoms with Crippen molar-refractivity contribution in [2.45, 2.75) is 6.92 Å². The van der Waals surface area contributed by atoms with Crippen LogP contribution in [0.25, 0.3) is 5.57 Å². The average molecular weight is 190 g/mol. The Kier molecular flexibility index (Phi) is 2.79. The molecular formula is C11H14N2O. The van der Waals surface area contributed by atoms with Crippen molar-refractivity contribution < 1.29 is 4.74 Å². The molecule has 14 heavy (non-hydrogen) atoms. The average Bonchev–Trinajstić information content (AvgIpc) is 2.71. The molecule has 0 saturated carbocycles. The van der Waals surface area contributed by atoms with E-state index < -0.39 is 0 Å². The third-order valence-corrected chi connectivity index (χ3v) is 2.20. The molecule has 0 atom stereocenters. The van der Waals surface area contributed by atoms with Gasteiger partial charge in [0.2, 0.25) is 0 Å². The summed E-state index contributed by atoms with van der Waals surface area (Å²) in [6.45, 7) is 4.42. The summed E-state index contributed by atoms with van der Waals surface area (Å²) in [4.78, 5) is 4.19. The van der Waals surface area contributed by atoms with Crippen LogP contribution < -0.4 is 5.32 Å². The second-order valence-electron chi connectivity index (χ2n) is 3.24. The zero-order valence-electron chi connectivity index (χ0n) is 8.29. The smallest absolute Gasteiger partial charge is 0.0725 e. The second kappa shape index (κ2) is 4.24. The number of pyridine rings is 1. The van der Waals surface area contributed by atoms with Crippen LogP contribution in [0.15, 0.2) is 24.5 Å². The van der Waals surface area contributed by atoms with E-state index in [1.54, 1.807) is 0 Å². The SMILES string of the molecule is CCNc1cncc(C2=CCOC2)c1. The Balaban J connectivity index is 2.21. The molecule has 0 spiro atoms. The number of hydrogen-bond donors (Lipinski definition) is 1. The molecule has 2 rings (SSSR count). The Hall–Kier alpha value is -1.35. The molecule has 2 heterocycles. The van der Waals surface area contributed by atoms with Crippen molar-refractivity contribution in [2.24, 2.45) is 0 Å². The van der Waals surface area contributed by atoms with Crippen molar-refractivity contribution >= 4 is 11.3 Å². The molecule has 3 heteroatoms. The highest BCUT2D eigenvalue weighted by atomic mass is 16.5. The van der Waals surface area contributed by atoms with Gasteiger partial charge in [-0.15, -0.1) is 0 Å². The fourth-order valence-electron chi connectivity index (χ4n) is 1.50. The Morgan fingerprint density at radius 1 is 1.50 bits per heavy atom. The van der Waals surface area contributed by atoms with Crippen LogP contribution in [0.1, 0.15) is 12.5 Å². The Morgan fingerprint density at radius 2 is 2.43 bits per heavy atom. The lowest BCUT2D eigenvalue weighted by Gasteiger charge is -2.05. The molecule has 1 N–H and O–H groups in total. The Morgan fingerprint density at radius 3 is 3.14 bits per heavy atom. The van der Waals surface area contributed by atoms with E-state index in [1.165, 1.54) is 5.57 Å². The van der Waals surface area contributed by atoms with Crippen LogP contribution >= 0.6 is 0 Å². The van der Waals surface area contributed by atoms with Gasteiger partial charge in [0.1, 0.15) is 0 Å². The molecule has 0 amide bonds. The van der Waals surface area contributed by atoms with Gasteiger partial charge in [-0.3, -0.25) is 4.98 Å². The molecule has 1 aromatic heterocycles. The molecule has 0 fully saturated rings. The maximum Gasteiger partial charge on any atom is 0.0725 e. The highest BCUT2D eigenvalue weighted by Gasteiger charge is 2.07. The zero-order chi connectivity index (χ0) is 9.80. The van der Waals surface area contributed by atoms with Crippen molar-refractivity contribution in [3.63, 3.8) is 0 Å². The number of anilines is 1. The normalized spacial score (nSPS) is 15.4. The van der Waals surface area contributed by atoms with Crippen molar-refractivity contribution in [3.05, 3.63) is 30.1 Å². The van der Waals surface area contributed by atoms with Crippen LogP contribution in [-0.4, -0.2) is 24.7 Å². The van der Waals surface area contributed by atoms with Crippen LogP contribution in [0, 0.1) is 0 Å². The lowest BCUT2D eigenvalue weighted by molar-refractivity contribution is 0.216. The molecule has 0 bridgehead atoms. The lowest BCUT2D eigenvalue weighted by Crippen LogP contribution is -1.98. The molecule has 0 aliphatic carbocycles. The number of hydrogen-bond acceptors (Lipinski definition) is 3. The van der Waals surface area contributed by atoms with Crippen molar-refractivity contribution in [3.8, 4) is 0 Å². The predicted octanol–water partition coefficient (Wildman–Crippen LogP) is 1.93. The van der Waals surface area contributed by atoms with Crippen LogP contribution in [-0.2, 0) is 4.74 Å². The maximum absolute atomic E-state index is 5.27. The number of nitrogens with one attached hydrogen (secondary N) is 1. The highest BCUT2D eigenvalue weighted by Crippen LogP contribution is 2.20. The van der Waals surface area contributed by atoms with E-state index in [1.807, 2.05) is 12.4 Å². The molecular weight excluding hydrogens is 176 g/mol. The molecule has 1 aliphatic rings.